The smallest absolute Gasteiger partial charge is 0.344 e. The summed E-state index contributed by atoms with van der Waals surface area (Å²) in [6.07, 6.45) is 0. The van der Waals surface area contributed by atoms with Gasteiger partial charge in [-0.15, -0.1) is 0 Å². The van der Waals surface area contributed by atoms with Gasteiger partial charge in [0.2, 0.25) is 0 Å². The van der Waals surface area contributed by atoms with E-state index >= 15 is 0 Å². The first-order valence-electron chi connectivity index (χ1n) is 1.40. The topological polar surface area (TPSA) is 202 Å². The van der Waals surface area contributed by atoms with Crippen LogP contribution >= 0.6 is 0 Å². The van der Waals surface area contributed by atoms with Gasteiger partial charge in [-0.2, -0.15) is 12.6 Å². The molecule has 12 heteroatoms. The zero-order valence-electron chi connectivity index (χ0n) is 5.65. The molecule has 0 saturated carbocycles. The first-order valence-corrected chi connectivity index (χ1v) is 5.19. The second kappa shape index (κ2) is 7.71. The predicted molar refractivity (Wildman–Crippen MR) is 45.0 cm³/mol. The maximum absolute atomic E-state index is 9.11. The van der Waals surface area contributed by atoms with E-state index in [1.807, 2.05) is 0 Å². The summed E-state index contributed by atoms with van der Waals surface area (Å²) in [7, 11) is -8.50. The third-order valence-electron chi connectivity index (χ3n) is 0. The Labute approximate surface area is 74.2 Å². The highest BCUT2D eigenvalue weighted by Crippen LogP contribution is 1.62. The number of hydrogen-bond donors (Lipinski definition) is 6. The van der Waals surface area contributed by atoms with Gasteiger partial charge in [-0.3, -0.25) is 18.2 Å². The molecule has 12 heavy (non-hydrogen) atoms. The molecule has 0 aliphatic carbocycles. The van der Waals surface area contributed by atoms with E-state index in [4.69, 9.17) is 30.8 Å². The average molecular weight is 246 g/mol. The molecular formula is H10N2O7S3. The van der Waals surface area contributed by atoms with Crippen LogP contribution in [0.4, 0.5) is 0 Å². The quantitative estimate of drug-likeness (QED) is 0.298. The summed E-state index contributed by atoms with van der Waals surface area (Å²) in [5, 5.41) is 0. The van der Waals surface area contributed by atoms with Crippen LogP contribution in [0.25, 0.3) is 0 Å². The molecule has 0 rings (SSSR count). The van der Waals surface area contributed by atoms with Gasteiger partial charge in [0, 0.05) is 11.2 Å². The fourth-order valence-electron chi connectivity index (χ4n) is 0. The molecule has 0 aliphatic heterocycles. The summed E-state index contributed by atoms with van der Waals surface area (Å²) in [5.74, 6) is 0. The molecule has 0 aromatic heterocycles. The van der Waals surface area contributed by atoms with Crippen molar-refractivity contribution in [3.63, 3.8) is 0 Å². The molecule has 0 fully saturated rings. The lowest BCUT2D eigenvalue weighted by atomic mass is 14.0. The van der Waals surface area contributed by atoms with Gasteiger partial charge in [-0.05, 0) is 0 Å². The van der Waals surface area contributed by atoms with Gasteiger partial charge in [0.15, 0.2) is 0 Å². The normalized spacial score (nSPS) is 9.67. The van der Waals surface area contributed by atoms with Crippen molar-refractivity contribution in [3.8, 4) is 0 Å². The summed E-state index contributed by atoms with van der Waals surface area (Å²) >= 11 is 3.47. The van der Waals surface area contributed by atoms with Crippen molar-refractivity contribution < 1.29 is 30.8 Å². The minimum Gasteiger partial charge on any atom is -0.344 e. The van der Waals surface area contributed by atoms with Gasteiger partial charge in [-0.25, -0.2) is 0 Å². The summed E-state index contributed by atoms with van der Waals surface area (Å²) in [5.41, 5.74) is 0. The zero-order chi connectivity index (χ0) is 9.00. The Balaban J connectivity index is -0.0000000457. The van der Waals surface area contributed by atoms with Gasteiger partial charge in [-0.1, -0.05) is 0 Å². The van der Waals surface area contributed by atoms with Gasteiger partial charge in [0.05, 0.1) is 0 Å². The molecule has 0 aliphatic rings. The van der Waals surface area contributed by atoms with Crippen molar-refractivity contribution in [2.24, 2.45) is 0 Å². The van der Waals surface area contributed by atoms with Crippen molar-refractivity contribution >= 4 is 30.6 Å². The molecule has 0 radical (unpaired) electrons. The fourth-order valence-corrected chi connectivity index (χ4v) is 0. The Kier molecular flexibility index (Phi) is 14.6. The van der Waals surface area contributed by atoms with Gasteiger partial charge >= 0.3 is 10.4 Å². The van der Waals surface area contributed by atoms with Crippen molar-refractivity contribution in [2.45, 2.75) is 0 Å². The highest BCUT2D eigenvalue weighted by atomic mass is 32.9. The maximum atomic E-state index is 9.11. The van der Waals surface area contributed by atoms with Crippen LogP contribution in [-0.4, -0.2) is 30.8 Å². The maximum Gasteiger partial charge on any atom is 0.394 e. The highest BCUT2D eigenvalue weighted by molar-refractivity contribution is 8.26. The fraction of sp³-hybridized carbons (Fsp3) is 0. The van der Waals surface area contributed by atoms with Crippen molar-refractivity contribution in [1.82, 2.24) is 12.3 Å². The third-order valence-corrected chi connectivity index (χ3v) is 0. The number of hydrogen-bond acceptors (Lipinski definition) is 6. The summed E-state index contributed by atoms with van der Waals surface area (Å²) in [4.78, 5) is 0. The van der Waals surface area contributed by atoms with E-state index in [2.05, 4.69) is 11.2 Å². The first kappa shape index (κ1) is 22.7. The Morgan fingerprint density at radius 2 is 0.833 bits per heavy atom. The Hall–Kier alpha value is 0.0800. The van der Waals surface area contributed by atoms with E-state index in [1.54, 1.807) is 0 Å². The van der Waals surface area contributed by atoms with E-state index in [0.717, 1.165) is 0 Å². The van der Waals surface area contributed by atoms with Crippen LogP contribution in [0, 0.1) is 0 Å². The van der Waals surface area contributed by atoms with Crippen LogP contribution in [0.1, 0.15) is 0 Å². The van der Waals surface area contributed by atoms with Gasteiger partial charge in [0.1, 0.15) is 0 Å². The minimum atomic E-state index is -4.67. The summed E-state index contributed by atoms with van der Waals surface area (Å²) < 4.78 is 55.5. The lowest BCUT2D eigenvalue weighted by Crippen LogP contribution is -1.89. The highest BCUT2D eigenvalue weighted by Gasteiger charge is 1.84. The molecule has 0 aromatic carbocycles. The van der Waals surface area contributed by atoms with Crippen LogP contribution in [0.3, 0.4) is 0 Å². The molecule has 9 nitrogen and oxygen atoms in total. The molecule has 0 atom stereocenters. The second-order valence-corrected chi connectivity index (χ2v) is 3.99. The summed E-state index contributed by atoms with van der Waals surface area (Å²) in [6, 6.07) is 0. The van der Waals surface area contributed by atoms with E-state index in [-0.39, 0.29) is 12.3 Å². The van der Waals surface area contributed by atoms with Gasteiger partial charge < -0.3 is 12.3 Å². The minimum absolute atomic E-state index is 0. The molecule has 0 saturated heterocycles. The molecule has 0 heterocycles. The molecule has 10 N–H and O–H groups in total. The SMILES string of the molecule is N.N.O=S(=O)(O)O.O=S(O)(O)=S. The van der Waals surface area contributed by atoms with E-state index in [1.165, 1.54) is 0 Å². The average Bonchev–Trinajstić information content (AvgIpc) is 1.12. The Bertz CT molecular complexity index is 213. The van der Waals surface area contributed by atoms with Crippen molar-refractivity contribution in [3.05, 3.63) is 0 Å². The van der Waals surface area contributed by atoms with Gasteiger partial charge in [0.25, 0.3) is 9.05 Å². The standard InChI is InChI=1S/2H3N.H2O4S.H2O3S2/c;;2*1-5(2,3)4/h2*1H3;2*(H2,1,2,3,4). The van der Waals surface area contributed by atoms with Crippen LogP contribution in [-0.2, 0) is 30.6 Å². The number of rotatable bonds is 0. The Morgan fingerprint density at radius 3 is 0.833 bits per heavy atom. The molecule has 0 amide bonds. The predicted octanol–water partition coefficient (Wildman–Crippen LogP) is -0.650. The molecule has 0 spiro atoms. The molecule has 0 bridgehead atoms. The van der Waals surface area contributed by atoms with Crippen molar-refractivity contribution in [1.29, 1.82) is 0 Å². The van der Waals surface area contributed by atoms with Crippen LogP contribution in [0.5, 0.6) is 0 Å². The molecule has 0 unspecified atom stereocenters. The second-order valence-electron chi connectivity index (χ2n) is 0.896. The van der Waals surface area contributed by atoms with Crippen LogP contribution in [0.15, 0.2) is 0 Å². The molecular weight excluding hydrogens is 236 g/mol. The Morgan fingerprint density at radius 1 is 0.833 bits per heavy atom. The molecule has 0 aromatic rings. The monoisotopic (exact) mass is 246 g/mol. The lowest BCUT2D eigenvalue weighted by Gasteiger charge is -1.73. The third kappa shape index (κ3) is 130000. The van der Waals surface area contributed by atoms with Crippen LogP contribution in [0.2, 0.25) is 0 Å². The largest absolute Gasteiger partial charge is 0.394 e. The van der Waals surface area contributed by atoms with Crippen molar-refractivity contribution in [2.75, 3.05) is 0 Å². The van der Waals surface area contributed by atoms with E-state index < -0.39 is 19.5 Å². The van der Waals surface area contributed by atoms with E-state index in [9.17, 15) is 0 Å². The molecule has 80 valence electrons. The van der Waals surface area contributed by atoms with Crippen LogP contribution < -0.4 is 12.3 Å². The lowest BCUT2D eigenvalue weighted by molar-refractivity contribution is 0.381. The zero-order valence-corrected chi connectivity index (χ0v) is 8.10. The first-order chi connectivity index (χ1) is 4.00. The summed E-state index contributed by atoms with van der Waals surface area (Å²) in [6.45, 7) is 0. The van der Waals surface area contributed by atoms with E-state index in [0.29, 0.717) is 0 Å².